The van der Waals surface area contributed by atoms with Gasteiger partial charge in [-0.15, -0.1) is 0 Å². The predicted octanol–water partition coefficient (Wildman–Crippen LogP) is -1.21. The van der Waals surface area contributed by atoms with Gasteiger partial charge in [-0.2, -0.15) is 0 Å². The minimum atomic E-state index is -1.13. The van der Waals surface area contributed by atoms with Crippen molar-refractivity contribution in [3.8, 4) is 5.75 Å². The molecule has 0 bridgehead atoms. The molecule has 1 fully saturated rings. The van der Waals surface area contributed by atoms with Crippen molar-refractivity contribution >= 4 is 23.5 Å². The zero-order valence-corrected chi connectivity index (χ0v) is 12.5. The third kappa shape index (κ3) is 4.33. The monoisotopic (exact) mass is 322 g/mol. The number of hydrogen-bond donors (Lipinski definition) is 5. The number of amides is 4. The van der Waals surface area contributed by atoms with Crippen LogP contribution in [0.2, 0.25) is 0 Å². The molecule has 2 rings (SSSR count). The van der Waals surface area contributed by atoms with Crippen molar-refractivity contribution < 1.29 is 24.2 Å². The van der Waals surface area contributed by atoms with E-state index in [-0.39, 0.29) is 6.54 Å². The van der Waals surface area contributed by atoms with E-state index in [0.717, 1.165) is 0 Å². The molecule has 0 radical (unpaired) electrons. The van der Waals surface area contributed by atoms with Crippen LogP contribution in [0, 0.1) is 0 Å². The smallest absolute Gasteiger partial charge is 0.315 e. The first-order valence-electron chi connectivity index (χ1n) is 6.94. The first-order valence-corrected chi connectivity index (χ1v) is 6.94. The van der Waals surface area contributed by atoms with Crippen molar-refractivity contribution in [1.29, 1.82) is 0 Å². The third-order valence-electron chi connectivity index (χ3n) is 3.24. The second kappa shape index (κ2) is 7.45. The van der Waals surface area contributed by atoms with Crippen molar-refractivity contribution in [2.75, 3.05) is 25.6 Å². The fraction of sp³-hybridized carbons (Fsp3) is 0.357. The molecule has 1 unspecified atom stereocenters. The Labute approximate surface area is 132 Å². The Hall–Kier alpha value is -2.81. The molecule has 4 amide bonds. The zero-order valence-electron chi connectivity index (χ0n) is 12.5. The Bertz CT molecular complexity index is 607. The van der Waals surface area contributed by atoms with Gasteiger partial charge < -0.3 is 31.1 Å². The predicted molar refractivity (Wildman–Crippen MR) is 81.0 cm³/mol. The van der Waals surface area contributed by atoms with Gasteiger partial charge in [0.05, 0.1) is 13.7 Å². The first kappa shape index (κ1) is 16.6. The van der Waals surface area contributed by atoms with E-state index in [1.807, 2.05) is 0 Å². The molecule has 0 spiro atoms. The van der Waals surface area contributed by atoms with Crippen molar-refractivity contribution in [2.45, 2.75) is 12.1 Å². The van der Waals surface area contributed by atoms with Gasteiger partial charge in [-0.05, 0) is 12.1 Å². The molecular formula is C14H18N4O5. The number of urea groups is 1. The number of carbonyl (C=O) groups is 3. The van der Waals surface area contributed by atoms with Crippen LogP contribution in [0.25, 0.3) is 0 Å². The summed E-state index contributed by atoms with van der Waals surface area (Å²) >= 11 is 0. The molecule has 1 aliphatic rings. The number of hydrogen-bond acceptors (Lipinski definition) is 5. The molecule has 1 saturated heterocycles. The van der Waals surface area contributed by atoms with E-state index in [4.69, 9.17) is 4.74 Å². The van der Waals surface area contributed by atoms with E-state index < -0.39 is 36.5 Å². The first-order chi connectivity index (χ1) is 11.0. The van der Waals surface area contributed by atoms with Crippen LogP contribution < -0.4 is 26.0 Å². The summed E-state index contributed by atoms with van der Waals surface area (Å²) in [6.07, 6.45) is 0. The summed E-state index contributed by atoms with van der Waals surface area (Å²) in [5, 5.41) is 19.1. The van der Waals surface area contributed by atoms with E-state index in [1.54, 1.807) is 24.3 Å². The molecule has 0 aliphatic carbocycles. The SMILES string of the molecule is COc1cccc(NC(=O)[C@H](CO)NC(=O)C2CNC(=O)N2)c1. The molecular weight excluding hydrogens is 304 g/mol. The Morgan fingerprint density at radius 1 is 1.48 bits per heavy atom. The number of aliphatic hydroxyl groups is 1. The summed E-state index contributed by atoms with van der Waals surface area (Å²) in [6, 6.07) is 4.31. The summed E-state index contributed by atoms with van der Waals surface area (Å²) in [5.41, 5.74) is 0.470. The minimum Gasteiger partial charge on any atom is -0.497 e. The standard InChI is InChI=1S/C14H18N4O5/c1-23-9-4-2-3-8(5-9)16-13(21)11(7-19)17-12(20)10-6-15-14(22)18-10/h2-5,10-11,19H,6-7H2,1H3,(H,16,21)(H,17,20)(H2,15,18,22)/t10?,11-/m0/s1. The fourth-order valence-corrected chi connectivity index (χ4v) is 2.01. The highest BCUT2D eigenvalue weighted by Crippen LogP contribution is 2.16. The Kier molecular flexibility index (Phi) is 5.36. The molecule has 1 heterocycles. The Morgan fingerprint density at radius 2 is 2.26 bits per heavy atom. The number of aliphatic hydroxyl groups excluding tert-OH is 1. The topological polar surface area (TPSA) is 129 Å². The van der Waals surface area contributed by atoms with Crippen LogP contribution in [0.5, 0.6) is 5.75 Å². The number of nitrogens with one attached hydrogen (secondary N) is 4. The van der Waals surface area contributed by atoms with Gasteiger partial charge in [-0.1, -0.05) is 6.07 Å². The summed E-state index contributed by atoms with van der Waals surface area (Å²) < 4.78 is 5.05. The van der Waals surface area contributed by atoms with Gasteiger partial charge >= 0.3 is 6.03 Å². The highest BCUT2D eigenvalue weighted by molar-refractivity contribution is 5.99. The van der Waals surface area contributed by atoms with Crippen molar-refractivity contribution in [2.24, 2.45) is 0 Å². The second-order valence-corrected chi connectivity index (χ2v) is 4.87. The van der Waals surface area contributed by atoms with E-state index in [0.29, 0.717) is 11.4 Å². The van der Waals surface area contributed by atoms with Crippen LogP contribution >= 0.6 is 0 Å². The van der Waals surface area contributed by atoms with E-state index in [9.17, 15) is 19.5 Å². The van der Waals surface area contributed by atoms with Crippen LogP contribution in [-0.4, -0.2) is 55.3 Å². The highest BCUT2D eigenvalue weighted by Gasteiger charge is 2.30. The summed E-state index contributed by atoms with van der Waals surface area (Å²) in [4.78, 5) is 35.1. The summed E-state index contributed by atoms with van der Waals surface area (Å²) in [6.45, 7) is -0.448. The lowest BCUT2D eigenvalue weighted by molar-refractivity contribution is -0.128. The number of methoxy groups -OCH3 is 1. The minimum absolute atomic E-state index is 0.125. The quantitative estimate of drug-likeness (QED) is 0.449. The molecule has 0 saturated carbocycles. The number of carbonyl (C=O) groups excluding carboxylic acids is 3. The number of ether oxygens (including phenoxy) is 1. The van der Waals surface area contributed by atoms with Gasteiger partial charge in [-0.3, -0.25) is 9.59 Å². The average molecular weight is 322 g/mol. The van der Waals surface area contributed by atoms with Crippen LogP contribution in [0.4, 0.5) is 10.5 Å². The van der Waals surface area contributed by atoms with Crippen LogP contribution in [0.3, 0.4) is 0 Å². The van der Waals surface area contributed by atoms with Gasteiger partial charge in [0, 0.05) is 18.3 Å². The molecule has 124 valence electrons. The lowest BCUT2D eigenvalue weighted by Crippen LogP contribution is -2.52. The molecule has 2 atom stereocenters. The number of benzene rings is 1. The Balaban J connectivity index is 1.95. The molecule has 5 N–H and O–H groups in total. The van der Waals surface area contributed by atoms with Gasteiger partial charge in [0.25, 0.3) is 0 Å². The van der Waals surface area contributed by atoms with E-state index in [1.165, 1.54) is 7.11 Å². The largest absolute Gasteiger partial charge is 0.497 e. The number of rotatable bonds is 6. The van der Waals surface area contributed by atoms with Gasteiger partial charge in [0.15, 0.2) is 0 Å². The lowest BCUT2D eigenvalue weighted by atomic mass is 10.2. The van der Waals surface area contributed by atoms with Crippen molar-refractivity contribution in [1.82, 2.24) is 16.0 Å². The fourth-order valence-electron chi connectivity index (χ4n) is 2.01. The molecule has 1 aliphatic heterocycles. The molecule has 1 aromatic carbocycles. The van der Waals surface area contributed by atoms with Crippen molar-refractivity contribution in [3.63, 3.8) is 0 Å². The summed E-state index contributed by atoms with van der Waals surface area (Å²) in [5.74, 6) is -0.568. The van der Waals surface area contributed by atoms with Gasteiger partial charge in [0.1, 0.15) is 17.8 Å². The maximum atomic E-state index is 12.1. The van der Waals surface area contributed by atoms with Gasteiger partial charge in [0.2, 0.25) is 11.8 Å². The maximum absolute atomic E-state index is 12.1. The molecule has 23 heavy (non-hydrogen) atoms. The molecule has 9 heteroatoms. The van der Waals surface area contributed by atoms with Crippen LogP contribution in [-0.2, 0) is 9.59 Å². The van der Waals surface area contributed by atoms with E-state index in [2.05, 4.69) is 21.3 Å². The molecule has 1 aromatic rings. The van der Waals surface area contributed by atoms with Gasteiger partial charge in [-0.25, -0.2) is 4.79 Å². The highest BCUT2D eigenvalue weighted by atomic mass is 16.5. The normalized spacial score (nSPS) is 17.7. The number of anilines is 1. The average Bonchev–Trinajstić information content (AvgIpc) is 2.99. The van der Waals surface area contributed by atoms with Crippen LogP contribution in [0.15, 0.2) is 24.3 Å². The van der Waals surface area contributed by atoms with Crippen molar-refractivity contribution in [3.05, 3.63) is 24.3 Å². The molecule has 0 aromatic heterocycles. The second-order valence-electron chi connectivity index (χ2n) is 4.87. The third-order valence-corrected chi connectivity index (χ3v) is 3.24. The summed E-state index contributed by atoms with van der Waals surface area (Å²) in [7, 11) is 1.50. The Morgan fingerprint density at radius 3 is 2.87 bits per heavy atom. The van der Waals surface area contributed by atoms with E-state index >= 15 is 0 Å². The van der Waals surface area contributed by atoms with Crippen LogP contribution in [0.1, 0.15) is 0 Å². The lowest BCUT2D eigenvalue weighted by Gasteiger charge is -2.18. The zero-order chi connectivity index (χ0) is 16.8. The molecule has 9 nitrogen and oxygen atoms in total. The maximum Gasteiger partial charge on any atom is 0.315 e.